The van der Waals surface area contributed by atoms with Gasteiger partial charge in [-0.3, -0.25) is 4.79 Å². The van der Waals surface area contributed by atoms with Gasteiger partial charge in [0.15, 0.2) is 16.4 Å². The molecule has 0 saturated carbocycles. The van der Waals surface area contributed by atoms with E-state index in [0.717, 1.165) is 11.8 Å². The number of nitrogens with one attached hydrogen (secondary N) is 1. The summed E-state index contributed by atoms with van der Waals surface area (Å²) in [6, 6.07) is 12.3. The molecule has 0 bridgehead atoms. The van der Waals surface area contributed by atoms with E-state index >= 15 is 0 Å². The first kappa shape index (κ1) is 19.0. The average Bonchev–Trinajstić information content (AvgIpc) is 2.58. The Morgan fingerprint density at radius 2 is 1.64 bits per heavy atom. The van der Waals surface area contributed by atoms with Gasteiger partial charge in [0, 0.05) is 17.8 Å². The Balaban J connectivity index is 1.82. The van der Waals surface area contributed by atoms with Gasteiger partial charge in [0.05, 0.1) is 10.5 Å². The van der Waals surface area contributed by atoms with Crippen molar-refractivity contribution in [2.24, 2.45) is 0 Å². The molecule has 1 amide bonds. The Labute approximate surface area is 150 Å². The van der Waals surface area contributed by atoms with Gasteiger partial charge in [0.1, 0.15) is 0 Å². The Hall–Kier alpha value is -2.38. The van der Waals surface area contributed by atoms with Crippen LogP contribution in [0.1, 0.15) is 15.9 Å². The number of halogens is 1. The number of esters is 1. The van der Waals surface area contributed by atoms with Gasteiger partial charge < -0.3 is 10.1 Å². The maximum Gasteiger partial charge on any atom is 0.338 e. The zero-order chi connectivity index (χ0) is 18.4. The Morgan fingerprint density at radius 1 is 1.04 bits per heavy atom. The van der Waals surface area contributed by atoms with Crippen molar-refractivity contribution in [2.45, 2.75) is 11.4 Å². The van der Waals surface area contributed by atoms with Crippen LogP contribution in [-0.4, -0.2) is 33.2 Å². The number of amides is 1. The molecule has 0 aromatic heterocycles. The van der Waals surface area contributed by atoms with Crippen LogP contribution in [0.15, 0.2) is 53.4 Å². The Kier molecular flexibility index (Phi) is 6.17. The lowest BCUT2D eigenvalue weighted by atomic mass is 10.2. The van der Waals surface area contributed by atoms with E-state index in [1.807, 2.05) is 0 Å². The summed E-state index contributed by atoms with van der Waals surface area (Å²) in [5.74, 6) is -1.15. The number of ether oxygens (including phenoxy) is 1. The molecular formula is C17H16ClNO5S. The van der Waals surface area contributed by atoms with Gasteiger partial charge in [-0.15, -0.1) is 0 Å². The van der Waals surface area contributed by atoms with Crippen LogP contribution in [0.3, 0.4) is 0 Å². The van der Waals surface area contributed by atoms with E-state index in [-0.39, 0.29) is 17.0 Å². The van der Waals surface area contributed by atoms with Crippen molar-refractivity contribution in [2.75, 3.05) is 12.9 Å². The minimum absolute atomic E-state index is 0.102. The van der Waals surface area contributed by atoms with Crippen molar-refractivity contribution in [3.63, 3.8) is 0 Å². The van der Waals surface area contributed by atoms with Gasteiger partial charge in [-0.1, -0.05) is 23.7 Å². The van der Waals surface area contributed by atoms with Crippen LogP contribution in [-0.2, 0) is 25.9 Å². The van der Waals surface area contributed by atoms with Gasteiger partial charge in [0.25, 0.3) is 5.91 Å². The molecule has 0 saturated heterocycles. The number of carbonyl (C=O) groups excluding carboxylic acids is 2. The summed E-state index contributed by atoms with van der Waals surface area (Å²) < 4.78 is 27.6. The summed E-state index contributed by atoms with van der Waals surface area (Å²) in [6.07, 6.45) is 1.07. The second-order valence-corrected chi connectivity index (χ2v) is 7.73. The van der Waals surface area contributed by atoms with Crippen LogP contribution < -0.4 is 5.32 Å². The van der Waals surface area contributed by atoms with Crippen molar-refractivity contribution in [1.82, 2.24) is 5.32 Å². The molecule has 0 unspecified atom stereocenters. The van der Waals surface area contributed by atoms with Crippen LogP contribution in [0.4, 0.5) is 0 Å². The number of carbonyl (C=O) groups is 2. The number of benzene rings is 2. The van der Waals surface area contributed by atoms with Crippen molar-refractivity contribution >= 4 is 33.3 Å². The summed E-state index contributed by atoms with van der Waals surface area (Å²) >= 11 is 5.77. The van der Waals surface area contributed by atoms with Gasteiger partial charge >= 0.3 is 5.97 Å². The molecule has 0 aliphatic carbocycles. The highest BCUT2D eigenvalue weighted by molar-refractivity contribution is 7.90. The molecule has 1 N–H and O–H groups in total. The lowest BCUT2D eigenvalue weighted by molar-refractivity contribution is -0.124. The third-order valence-electron chi connectivity index (χ3n) is 3.26. The largest absolute Gasteiger partial charge is 0.452 e. The normalized spacial score (nSPS) is 11.0. The lowest BCUT2D eigenvalue weighted by Gasteiger charge is -2.07. The number of sulfone groups is 1. The minimum Gasteiger partial charge on any atom is -0.452 e. The second-order valence-electron chi connectivity index (χ2n) is 5.28. The van der Waals surface area contributed by atoms with E-state index in [1.54, 1.807) is 24.3 Å². The van der Waals surface area contributed by atoms with Gasteiger partial charge in [0.2, 0.25) is 0 Å². The Morgan fingerprint density at radius 3 is 2.20 bits per heavy atom. The predicted octanol–water partition coefficient (Wildman–Crippen LogP) is 2.22. The molecular weight excluding hydrogens is 366 g/mol. The van der Waals surface area contributed by atoms with E-state index in [9.17, 15) is 18.0 Å². The zero-order valence-corrected chi connectivity index (χ0v) is 14.9. The maximum atomic E-state index is 11.9. The van der Waals surface area contributed by atoms with Crippen molar-refractivity contribution < 1.29 is 22.7 Å². The highest BCUT2D eigenvalue weighted by Gasteiger charge is 2.12. The molecule has 6 nitrogen and oxygen atoms in total. The number of hydrogen-bond donors (Lipinski definition) is 1. The molecule has 0 spiro atoms. The van der Waals surface area contributed by atoms with E-state index in [0.29, 0.717) is 5.02 Å². The third kappa shape index (κ3) is 5.88. The molecule has 0 aliphatic rings. The molecule has 2 rings (SSSR count). The van der Waals surface area contributed by atoms with E-state index in [2.05, 4.69) is 5.32 Å². The lowest BCUT2D eigenvalue weighted by Crippen LogP contribution is -2.28. The van der Waals surface area contributed by atoms with E-state index in [4.69, 9.17) is 16.3 Å². The number of rotatable bonds is 6. The molecule has 2 aromatic carbocycles. The smallest absolute Gasteiger partial charge is 0.338 e. The second kappa shape index (κ2) is 8.13. The Bertz CT molecular complexity index is 861. The fourth-order valence-corrected chi connectivity index (χ4v) is 2.66. The highest BCUT2D eigenvalue weighted by atomic mass is 35.5. The van der Waals surface area contributed by atoms with Crippen molar-refractivity contribution in [3.05, 3.63) is 64.7 Å². The summed E-state index contributed by atoms with van der Waals surface area (Å²) in [6.45, 7) is -0.142. The predicted molar refractivity (Wildman–Crippen MR) is 93.1 cm³/mol. The summed E-state index contributed by atoms with van der Waals surface area (Å²) in [4.78, 5) is 23.7. The summed E-state index contributed by atoms with van der Waals surface area (Å²) in [7, 11) is -3.33. The van der Waals surface area contributed by atoms with Crippen molar-refractivity contribution in [1.29, 1.82) is 0 Å². The molecule has 25 heavy (non-hydrogen) atoms. The third-order valence-corrected chi connectivity index (χ3v) is 4.64. The van der Waals surface area contributed by atoms with Crippen molar-refractivity contribution in [3.8, 4) is 0 Å². The van der Waals surface area contributed by atoms with E-state index in [1.165, 1.54) is 24.3 Å². The molecule has 0 aliphatic heterocycles. The van der Waals surface area contributed by atoms with Crippen LogP contribution >= 0.6 is 11.6 Å². The van der Waals surface area contributed by atoms with E-state index < -0.39 is 28.3 Å². The molecule has 8 heteroatoms. The first-order valence-electron chi connectivity index (χ1n) is 7.24. The standard InChI is InChI=1S/C17H16ClNO5S/c1-25(22,23)15-8-4-13(5-9-15)17(21)24-11-16(20)19-10-12-2-6-14(18)7-3-12/h2-9H,10-11H2,1H3,(H,19,20). The topological polar surface area (TPSA) is 89.5 Å². The number of hydrogen-bond acceptors (Lipinski definition) is 5. The van der Waals surface area contributed by atoms with Gasteiger partial charge in [-0.2, -0.15) is 0 Å². The SMILES string of the molecule is CS(=O)(=O)c1ccc(C(=O)OCC(=O)NCc2ccc(Cl)cc2)cc1. The molecule has 0 heterocycles. The fraction of sp³-hybridized carbons (Fsp3) is 0.176. The van der Waals surface area contributed by atoms with Gasteiger partial charge in [-0.05, 0) is 42.0 Å². The summed E-state index contributed by atoms with van der Waals surface area (Å²) in [5.41, 5.74) is 1.03. The molecule has 0 radical (unpaired) electrons. The fourth-order valence-electron chi connectivity index (χ4n) is 1.91. The monoisotopic (exact) mass is 381 g/mol. The first-order chi connectivity index (χ1) is 11.8. The molecule has 2 aromatic rings. The molecule has 132 valence electrons. The van der Waals surface area contributed by atoms with Crippen LogP contribution in [0.5, 0.6) is 0 Å². The average molecular weight is 382 g/mol. The molecule has 0 fully saturated rings. The molecule has 0 atom stereocenters. The van der Waals surface area contributed by atoms with Gasteiger partial charge in [-0.25, -0.2) is 13.2 Å². The zero-order valence-electron chi connectivity index (χ0n) is 13.4. The summed E-state index contributed by atoms with van der Waals surface area (Å²) in [5, 5.41) is 3.22. The van der Waals surface area contributed by atoms with Crippen LogP contribution in [0.25, 0.3) is 0 Å². The highest BCUT2D eigenvalue weighted by Crippen LogP contribution is 2.11. The van der Waals surface area contributed by atoms with Crippen LogP contribution in [0, 0.1) is 0 Å². The maximum absolute atomic E-state index is 11.9. The minimum atomic E-state index is -3.33. The first-order valence-corrected chi connectivity index (χ1v) is 9.51. The quantitative estimate of drug-likeness (QED) is 0.775. The van der Waals surface area contributed by atoms with Crippen LogP contribution in [0.2, 0.25) is 5.02 Å².